The smallest absolute Gasteiger partial charge is 0.234 e. The normalized spacial score (nSPS) is 20.4. The van der Waals surface area contributed by atoms with Crippen LogP contribution >= 0.6 is 0 Å². The van der Waals surface area contributed by atoms with Crippen LogP contribution in [-0.2, 0) is 4.79 Å². The van der Waals surface area contributed by atoms with E-state index in [0.717, 1.165) is 19.3 Å². The second-order valence-corrected chi connectivity index (χ2v) is 6.95. The third-order valence-electron chi connectivity index (χ3n) is 3.86. The molecule has 1 rings (SSSR count). The molecule has 4 nitrogen and oxygen atoms in total. The van der Waals surface area contributed by atoms with E-state index in [0.29, 0.717) is 25.0 Å². The first kappa shape index (κ1) is 17.4. The zero-order chi connectivity index (χ0) is 15.0. The molecule has 3 N–H and O–H groups in total. The zero-order valence-electron chi connectivity index (χ0n) is 13.4. The predicted octanol–water partition coefficient (Wildman–Crippen LogP) is 2.21. The average Bonchev–Trinajstić information content (AvgIpc) is 2.55. The molecule has 0 aromatic rings. The van der Waals surface area contributed by atoms with Gasteiger partial charge in [0, 0.05) is 12.6 Å². The maximum atomic E-state index is 11.9. The molecule has 1 unspecified atom stereocenters. The van der Waals surface area contributed by atoms with Gasteiger partial charge in [-0.05, 0) is 32.1 Å². The summed E-state index contributed by atoms with van der Waals surface area (Å²) in [6.45, 7) is 6.76. The Morgan fingerprint density at radius 1 is 1.25 bits per heavy atom. The van der Waals surface area contributed by atoms with Gasteiger partial charge in [-0.3, -0.25) is 4.79 Å². The number of amides is 1. The van der Waals surface area contributed by atoms with Gasteiger partial charge in [-0.15, -0.1) is 0 Å². The summed E-state index contributed by atoms with van der Waals surface area (Å²) >= 11 is 0. The molecular weight excluding hydrogens is 252 g/mol. The lowest BCUT2D eigenvalue weighted by Gasteiger charge is -2.25. The Labute approximate surface area is 123 Å². The standard InChI is InChI=1S/C16H32N2O2/c1-13(2)10-16(3,20)12-17-11-15(19)18-14-8-6-4-5-7-9-14/h13-14,17,20H,4-12H2,1-3H3,(H,18,19). The van der Waals surface area contributed by atoms with Crippen molar-refractivity contribution >= 4 is 5.91 Å². The topological polar surface area (TPSA) is 61.4 Å². The largest absolute Gasteiger partial charge is 0.389 e. The molecule has 118 valence electrons. The fraction of sp³-hybridized carbons (Fsp3) is 0.938. The van der Waals surface area contributed by atoms with Crippen molar-refractivity contribution in [3.8, 4) is 0 Å². The molecule has 1 aliphatic carbocycles. The van der Waals surface area contributed by atoms with Gasteiger partial charge in [0.15, 0.2) is 0 Å². The fourth-order valence-corrected chi connectivity index (χ4v) is 3.10. The molecule has 1 aliphatic rings. The Kier molecular flexibility index (Phi) is 7.52. The van der Waals surface area contributed by atoms with E-state index >= 15 is 0 Å². The number of hydrogen-bond acceptors (Lipinski definition) is 3. The number of carbonyl (C=O) groups is 1. The first-order chi connectivity index (χ1) is 9.39. The second kappa shape index (κ2) is 8.63. The van der Waals surface area contributed by atoms with Crippen LogP contribution in [0.15, 0.2) is 0 Å². The number of carbonyl (C=O) groups excluding carboxylic acids is 1. The average molecular weight is 284 g/mol. The number of aliphatic hydroxyl groups is 1. The van der Waals surface area contributed by atoms with Crippen molar-refractivity contribution in [3.05, 3.63) is 0 Å². The van der Waals surface area contributed by atoms with Crippen molar-refractivity contribution in [1.82, 2.24) is 10.6 Å². The molecule has 0 bridgehead atoms. The molecule has 1 amide bonds. The van der Waals surface area contributed by atoms with Gasteiger partial charge in [-0.25, -0.2) is 0 Å². The van der Waals surface area contributed by atoms with E-state index in [-0.39, 0.29) is 5.91 Å². The van der Waals surface area contributed by atoms with Crippen molar-refractivity contribution < 1.29 is 9.90 Å². The number of rotatable bonds is 7. The molecule has 1 saturated carbocycles. The summed E-state index contributed by atoms with van der Waals surface area (Å²) in [4.78, 5) is 11.9. The van der Waals surface area contributed by atoms with E-state index in [2.05, 4.69) is 24.5 Å². The first-order valence-electron chi connectivity index (χ1n) is 8.11. The molecule has 0 aliphatic heterocycles. The lowest BCUT2D eigenvalue weighted by Crippen LogP contribution is -2.45. The monoisotopic (exact) mass is 284 g/mol. The second-order valence-electron chi connectivity index (χ2n) is 6.95. The van der Waals surface area contributed by atoms with Gasteiger partial charge in [0.25, 0.3) is 0 Å². The van der Waals surface area contributed by atoms with Gasteiger partial charge >= 0.3 is 0 Å². The summed E-state index contributed by atoms with van der Waals surface area (Å²) in [7, 11) is 0. The molecule has 4 heteroatoms. The summed E-state index contributed by atoms with van der Waals surface area (Å²) in [5, 5.41) is 16.3. The third-order valence-corrected chi connectivity index (χ3v) is 3.86. The summed E-state index contributed by atoms with van der Waals surface area (Å²) in [6, 6.07) is 0.350. The van der Waals surface area contributed by atoms with Gasteiger partial charge in [0.05, 0.1) is 12.1 Å². The summed E-state index contributed by atoms with van der Waals surface area (Å²) in [5.74, 6) is 0.504. The van der Waals surface area contributed by atoms with Crippen LogP contribution in [0.3, 0.4) is 0 Å². The van der Waals surface area contributed by atoms with E-state index < -0.39 is 5.60 Å². The van der Waals surface area contributed by atoms with E-state index in [9.17, 15) is 9.90 Å². The minimum atomic E-state index is -0.739. The minimum Gasteiger partial charge on any atom is -0.389 e. The molecular formula is C16H32N2O2. The zero-order valence-corrected chi connectivity index (χ0v) is 13.4. The summed E-state index contributed by atoms with van der Waals surface area (Å²) in [5.41, 5.74) is -0.739. The molecule has 0 heterocycles. The van der Waals surface area contributed by atoms with E-state index in [4.69, 9.17) is 0 Å². The van der Waals surface area contributed by atoms with E-state index in [1.165, 1.54) is 25.7 Å². The molecule has 0 spiro atoms. The molecule has 0 radical (unpaired) electrons. The Morgan fingerprint density at radius 3 is 2.40 bits per heavy atom. The molecule has 20 heavy (non-hydrogen) atoms. The Balaban J connectivity index is 2.19. The number of nitrogens with one attached hydrogen (secondary N) is 2. The van der Waals surface area contributed by atoms with Crippen molar-refractivity contribution in [3.63, 3.8) is 0 Å². The maximum Gasteiger partial charge on any atom is 0.234 e. The highest BCUT2D eigenvalue weighted by Gasteiger charge is 2.22. The van der Waals surface area contributed by atoms with E-state index in [1.807, 2.05) is 6.92 Å². The van der Waals surface area contributed by atoms with Gasteiger partial charge < -0.3 is 15.7 Å². The predicted molar refractivity (Wildman–Crippen MR) is 82.6 cm³/mol. The Morgan fingerprint density at radius 2 is 1.85 bits per heavy atom. The van der Waals surface area contributed by atoms with Crippen LogP contribution in [0.1, 0.15) is 65.7 Å². The van der Waals surface area contributed by atoms with Crippen molar-refractivity contribution in [2.24, 2.45) is 5.92 Å². The van der Waals surface area contributed by atoms with Crippen LogP contribution in [0.2, 0.25) is 0 Å². The van der Waals surface area contributed by atoms with Gasteiger partial charge in [0.2, 0.25) is 5.91 Å². The fourth-order valence-electron chi connectivity index (χ4n) is 3.10. The van der Waals surface area contributed by atoms with Crippen LogP contribution in [0.4, 0.5) is 0 Å². The van der Waals surface area contributed by atoms with Crippen LogP contribution in [0.5, 0.6) is 0 Å². The van der Waals surface area contributed by atoms with Gasteiger partial charge in [0.1, 0.15) is 0 Å². The lowest BCUT2D eigenvalue weighted by atomic mass is 9.94. The molecule has 1 fully saturated rings. The van der Waals surface area contributed by atoms with Crippen LogP contribution < -0.4 is 10.6 Å². The SMILES string of the molecule is CC(C)CC(C)(O)CNCC(=O)NC1CCCCCC1. The molecule has 0 saturated heterocycles. The van der Waals surface area contributed by atoms with Crippen LogP contribution in [0, 0.1) is 5.92 Å². The highest BCUT2D eigenvalue weighted by Crippen LogP contribution is 2.17. The molecule has 0 aromatic carbocycles. The maximum absolute atomic E-state index is 11.9. The lowest BCUT2D eigenvalue weighted by molar-refractivity contribution is -0.121. The summed E-state index contributed by atoms with van der Waals surface area (Å²) in [6.07, 6.45) is 7.99. The minimum absolute atomic E-state index is 0.0530. The highest BCUT2D eigenvalue weighted by atomic mass is 16.3. The quantitative estimate of drug-likeness (QED) is 0.628. The third kappa shape index (κ3) is 7.85. The van der Waals surface area contributed by atoms with Crippen LogP contribution in [0.25, 0.3) is 0 Å². The molecule has 0 aromatic heterocycles. The van der Waals surface area contributed by atoms with Crippen molar-refractivity contribution in [1.29, 1.82) is 0 Å². The van der Waals surface area contributed by atoms with Gasteiger partial charge in [-0.2, -0.15) is 0 Å². The first-order valence-corrected chi connectivity index (χ1v) is 8.11. The molecule has 1 atom stereocenters. The number of hydrogen-bond donors (Lipinski definition) is 3. The van der Waals surface area contributed by atoms with Crippen molar-refractivity contribution in [2.45, 2.75) is 77.4 Å². The summed E-state index contributed by atoms with van der Waals surface area (Å²) < 4.78 is 0. The van der Waals surface area contributed by atoms with Crippen molar-refractivity contribution in [2.75, 3.05) is 13.1 Å². The Bertz CT molecular complexity index is 282. The van der Waals surface area contributed by atoms with Crippen LogP contribution in [-0.4, -0.2) is 35.7 Å². The van der Waals surface area contributed by atoms with E-state index in [1.54, 1.807) is 0 Å². The van der Waals surface area contributed by atoms with Gasteiger partial charge in [-0.1, -0.05) is 39.5 Å². The Hall–Kier alpha value is -0.610. The highest BCUT2D eigenvalue weighted by molar-refractivity contribution is 5.78.